The van der Waals surface area contributed by atoms with E-state index in [0.29, 0.717) is 11.3 Å². The van der Waals surface area contributed by atoms with E-state index >= 15 is 0 Å². The van der Waals surface area contributed by atoms with Crippen LogP contribution in [0.1, 0.15) is 27.2 Å². The Kier molecular flexibility index (Phi) is 3.69. The maximum Gasteiger partial charge on any atom is 0.417 e. The summed E-state index contributed by atoms with van der Waals surface area (Å²) in [6.45, 7) is 0. The van der Waals surface area contributed by atoms with Crippen molar-refractivity contribution in [3.05, 3.63) is 59.2 Å². The molecule has 0 atom stereocenters. The van der Waals surface area contributed by atoms with Crippen LogP contribution in [0.4, 0.5) is 13.2 Å². The first-order chi connectivity index (χ1) is 9.38. The first kappa shape index (κ1) is 14.0. The van der Waals surface area contributed by atoms with Gasteiger partial charge in [0.05, 0.1) is 11.1 Å². The average molecular weight is 281 g/mol. The van der Waals surface area contributed by atoms with Crippen molar-refractivity contribution in [2.75, 3.05) is 0 Å². The van der Waals surface area contributed by atoms with Gasteiger partial charge in [-0.1, -0.05) is 6.07 Å². The number of amides is 1. The monoisotopic (exact) mass is 281 g/mol. The molecule has 0 bridgehead atoms. The number of alkyl halides is 3. The number of nitrogens with zero attached hydrogens (tertiary/aromatic N) is 2. The molecule has 7 heteroatoms. The number of hydrogen-bond acceptors (Lipinski definition) is 3. The van der Waals surface area contributed by atoms with E-state index in [1.807, 2.05) is 0 Å². The Morgan fingerprint density at radius 1 is 1.25 bits per heavy atom. The highest BCUT2D eigenvalue weighted by molar-refractivity contribution is 5.94. The van der Waals surface area contributed by atoms with Gasteiger partial charge in [-0.05, 0) is 23.8 Å². The van der Waals surface area contributed by atoms with Crippen molar-refractivity contribution < 1.29 is 18.0 Å². The summed E-state index contributed by atoms with van der Waals surface area (Å²) in [6, 6.07) is 5.04. The molecule has 1 aromatic heterocycles. The minimum absolute atomic E-state index is 0.213. The molecule has 0 radical (unpaired) electrons. The van der Waals surface area contributed by atoms with Gasteiger partial charge in [-0.25, -0.2) is 9.97 Å². The zero-order chi connectivity index (χ0) is 14.8. The van der Waals surface area contributed by atoms with Crippen LogP contribution in [0.15, 0.2) is 36.8 Å². The lowest BCUT2D eigenvalue weighted by Gasteiger charge is -2.12. The van der Waals surface area contributed by atoms with E-state index in [0.717, 1.165) is 12.1 Å². The van der Waals surface area contributed by atoms with E-state index in [9.17, 15) is 18.0 Å². The fraction of sp³-hybridized carbons (Fsp3) is 0.154. The van der Waals surface area contributed by atoms with Gasteiger partial charge in [0, 0.05) is 18.3 Å². The second-order valence-electron chi connectivity index (χ2n) is 4.12. The third-order valence-electron chi connectivity index (χ3n) is 2.68. The number of benzene rings is 1. The Hall–Kier alpha value is -2.44. The van der Waals surface area contributed by atoms with E-state index < -0.39 is 23.2 Å². The predicted molar refractivity (Wildman–Crippen MR) is 64.8 cm³/mol. The predicted octanol–water partition coefficient (Wildman–Crippen LogP) is 2.19. The van der Waals surface area contributed by atoms with Gasteiger partial charge in [0.15, 0.2) is 0 Å². The molecule has 4 nitrogen and oxygen atoms in total. The molecule has 2 aromatic rings. The molecule has 20 heavy (non-hydrogen) atoms. The SMILES string of the molecule is NC(=O)c1ccc(Cc2ccncn2)cc1C(F)(F)F. The molecule has 1 amide bonds. The molecule has 104 valence electrons. The molecule has 0 saturated heterocycles. The number of aromatic nitrogens is 2. The fourth-order valence-electron chi connectivity index (χ4n) is 1.78. The summed E-state index contributed by atoms with van der Waals surface area (Å²) < 4.78 is 38.7. The van der Waals surface area contributed by atoms with Gasteiger partial charge in [0.25, 0.3) is 0 Å². The summed E-state index contributed by atoms with van der Waals surface area (Å²) in [6.07, 6.45) is -1.60. The van der Waals surface area contributed by atoms with Crippen LogP contribution in [0, 0.1) is 0 Å². The van der Waals surface area contributed by atoms with Gasteiger partial charge in [0.1, 0.15) is 6.33 Å². The number of rotatable bonds is 3. The molecule has 0 unspecified atom stereocenters. The number of hydrogen-bond donors (Lipinski definition) is 1. The van der Waals surface area contributed by atoms with Crippen LogP contribution in [0.5, 0.6) is 0 Å². The maximum atomic E-state index is 12.9. The molecule has 0 fully saturated rings. The van der Waals surface area contributed by atoms with Crippen molar-refractivity contribution in [3.63, 3.8) is 0 Å². The van der Waals surface area contributed by atoms with Crippen molar-refractivity contribution in [2.24, 2.45) is 5.73 Å². The Balaban J connectivity index is 2.40. The minimum atomic E-state index is -4.63. The van der Waals surface area contributed by atoms with Crippen LogP contribution in [0.3, 0.4) is 0 Å². The molecule has 1 heterocycles. The van der Waals surface area contributed by atoms with Crippen molar-refractivity contribution in [1.29, 1.82) is 0 Å². The summed E-state index contributed by atoms with van der Waals surface area (Å²) in [4.78, 5) is 18.7. The average Bonchev–Trinajstić information content (AvgIpc) is 2.38. The molecule has 0 saturated carbocycles. The molecule has 2 N–H and O–H groups in total. The third-order valence-corrected chi connectivity index (χ3v) is 2.68. The van der Waals surface area contributed by atoms with E-state index in [2.05, 4.69) is 9.97 Å². The van der Waals surface area contributed by atoms with Crippen molar-refractivity contribution in [3.8, 4) is 0 Å². The van der Waals surface area contributed by atoms with Crippen LogP contribution >= 0.6 is 0 Å². The summed E-state index contributed by atoms with van der Waals surface area (Å²) in [5.74, 6) is -1.11. The maximum absolute atomic E-state index is 12.9. The molecular formula is C13H10F3N3O. The molecule has 1 aromatic carbocycles. The van der Waals surface area contributed by atoms with E-state index in [-0.39, 0.29) is 6.42 Å². The number of carbonyl (C=O) groups is 1. The summed E-state index contributed by atoms with van der Waals surface area (Å²) in [5.41, 5.74) is 4.36. The first-order valence-corrected chi connectivity index (χ1v) is 5.63. The molecular weight excluding hydrogens is 271 g/mol. The Morgan fingerprint density at radius 2 is 2.00 bits per heavy atom. The normalized spacial score (nSPS) is 11.3. The van der Waals surface area contributed by atoms with Gasteiger partial charge >= 0.3 is 6.18 Å². The molecule has 0 aliphatic rings. The van der Waals surface area contributed by atoms with Crippen LogP contribution in [-0.2, 0) is 12.6 Å². The number of carbonyl (C=O) groups excluding carboxylic acids is 1. The van der Waals surface area contributed by atoms with Gasteiger partial charge in [-0.15, -0.1) is 0 Å². The van der Waals surface area contributed by atoms with Crippen LogP contribution in [0.2, 0.25) is 0 Å². The number of primary amides is 1. The highest BCUT2D eigenvalue weighted by Crippen LogP contribution is 2.32. The largest absolute Gasteiger partial charge is 0.417 e. The van der Waals surface area contributed by atoms with Crippen molar-refractivity contribution >= 4 is 5.91 Å². The standard InChI is InChI=1S/C13H10F3N3O/c14-13(15,16)11-6-8(1-2-10(11)12(17)20)5-9-3-4-18-7-19-9/h1-4,6-7H,5H2,(H2,17,20). The molecule has 0 spiro atoms. The Labute approximate surface area is 112 Å². The minimum Gasteiger partial charge on any atom is -0.366 e. The summed E-state index contributed by atoms with van der Waals surface area (Å²) in [7, 11) is 0. The second-order valence-corrected chi connectivity index (χ2v) is 4.12. The molecule has 0 aliphatic carbocycles. The van der Waals surface area contributed by atoms with Gasteiger partial charge in [-0.3, -0.25) is 4.79 Å². The molecule has 0 aliphatic heterocycles. The second kappa shape index (κ2) is 5.28. The Morgan fingerprint density at radius 3 is 2.55 bits per heavy atom. The summed E-state index contributed by atoms with van der Waals surface area (Å²) >= 11 is 0. The third kappa shape index (κ3) is 3.11. The number of nitrogens with two attached hydrogens (primary N) is 1. The number of halogens is 3. The quantitative estimate of drug-likeness (QED) is 0.937. The van der Waals surface area contributed by atoms with Crippen molar-refractivity contribution in [2.45, 2.75) is 12.6 Å². The first-order valence-electron chi connectivity index (χ1n) is 5.63. The zero-order valence-electron chi connectivity index (χ0n) is 10.2. The lowest BCUT2D eigenvalue weighted by atomic mass is 10.0. The zero-order valence-corrected chi connectivity index (χ0v) is 10.2. The smallest absolute Gasteiger partial charge is 0.366 e. The topological polar surface area (TPSA) is 68.9 Å². The fourth-order valence-corrected chi connectivity index (χ4v) is 1.78. The van der Waals surface area contributed by atoms with Gasteiger partial charge in [-0.2, -0.15) is 13.2 Å². The highest BCUT2D eigenvalue weighted by Gasteiger charge is 2.34. The van der Waals surface area contributed by atoms with Crippen molar-refractivity contribution in [1.82, 2.24) is 9.97 Å². The van der Waals surface area contributed by atoms with Gasteiger partial charge < -0.3 is 5.73 Å². The van der Waals surface area contributed by atoms with E-state index in [1.54, 1.807) is 6.07 Å². The van der Waals surface area contributed by atoms with Crippen LogP contribution < -0.4 is 5.73 Å². The molecule has 2 rings (SSSR count). The van der Waals surface area contributed by atoms with E-state index in [4.69, 9.17) is 5.73 Å². The highest BCUT2D eigenvalue weighted by atomic mass is 19.4. The lowest BCUT2D eigenvalue weighted by Crippen LogP contribution is -2.19. The van der Waals surface area contributed by atoms with Crippen LogP contribution in [0.25, 0.3) is 0 Å². The Bertz CT molecular complexity index is 627. The van der Waals surface area contributed by atoms with Gasteiger partial charge in [0.2, 0.25) is 5.91 Å². The van der Waals surface area contributed by atoms with E-state index in [1.165, 1.54) is 18.6 Å². The lowest BCUT2D eigenvalue weighted by molar-refractivity contribution is -0.138. The summed E-state index contributed by atoms with van der Waals surface area (Å²) in [5, 5.41) is 0. The van der Waals surface area contributed by atoms with Crippen LogP contribution in [-0.4, -0.2) is 15.9 Å².